The van der Waals surface area contributed by atoms with E-state index < -0.39 is 0 Å². The second-order valence-corrected chi connectivity index (χ2v) is 4.10. The van der Waals surface area contributed by atoms with Gasteiger partial charge in [-0.3, -0.25) is 4.79 Å². The van der Waals surface area contributed by atoms with Crippen molar-refractivity contribution in [2.45, 2.75) is 13.5 Å². The van der Waals surface area contributed by atoms with Crippen molar-refractivity contribution in [2.75, 3.05) is 0 Å². The fourth-order valence-corrected chi connectivity index (χ4v) is 1.41. The van der Waals surface area contributed by atoms with Gasteiger partial charge in [-0.2, -0.15) is 4.98 Å². The Kier molecular flexibility index (Phi) is 3.48. The molecule has 0 aliphatic carbocycles. The molecular weight excluding hydrogens is 288 g/mol. The molecule has 0 spiro atoms. The van der Waals surface area contributed by atoms with Crippen LogP contribution in [0.25, 0.3) is 0 Å². The average molecular weight is 297 g/mol. The first-order valence-corrected chi connectivity index (χ1v) is 5.63. The zero-order chi connectivity index (χ0) is 12.3. The first kappa shape index (κ1) is 11.7. The molecule has 2 aromatic rings. The summed E-state index contributed by atoms with van der Waals surface area (Å²) in [4.78, 5) is 19.6. The number of rotatable bonds is 3. The van der Waals surface area contributed by atoms with Crippen molar-refractivity contribution in [3.63, 3.8) is 0 Å². The van der Waals surface area contributed by atoms with E-state index in [1.807, 2.05) is 0 Å². The number of nitrogens with zero attached hydrogens (tertiary/aromatic N) is 3. The number of pyridine rings is 1. The van der Waals surface area contributed by atoms with Gasteiger partial charge >= 0.3 is 0 Å². The van der Waals surface area contributed by atoms with Crippen LogP contribution >= 0.6 is 15.9 Å². The molecule has 0 unspecified atom stereocenters. The summed E-state index contributed by atoms with van der Waals surface area (Å²) in [5, 5.41) is 6.28. The van der Waals surface area contributed by atoms with E-state index in [1.165, 1.54) is 6.20 Å². The maximum Gasteiger partial charge on any atom is 0.253 e. The van der Waals surface area contributed by atoms with Crippen LogP contribution < -0.4 is 5.32 Å². The van der Waals surface area contributed by atoms with E-state index in [0.717, 1.165) is 0 Å². The van der Waals surface area contributed by atoms with Crippen molar-refractivity contribution in [1.82, 2.24) is 20.4 Å². The second-order valence-electron chi connectivity index (χ2n) is 3.29. The number of amides is 1. The van der Waals surface area contributed by atoms with Gasteiger partial charge in [0.2, 0.25) is 5.89 Å². The highest BCUT2D eigenvalue weighted by molar-refractivity contribution is 9.10. The van der Waals surface area contributed by atoms with Crippen LogP contribution in [0.3, 0.4) is 0 Å². The number of aromatic nitrogens is 3. The Hall–Kier alpha value is -1.76. The minimum Gasteiger partial charge on any atom is -0.343 e. The Morgan fingerprint density at radius 3 is 2.94 bits per heavy atom. The standard InChI is InChI=1S/C10H9BrN4O2/c1-6-14-9(17-15-6)5-13-10(16)7-2-3-8(11)12-4-7/h2-4H,5H2,1H3,(H,13,16). The van der Waals surface area contributed by atoms with E-state index in [-0.39, 0.29) is 12.5 Å². The van der Waals surface area contributed by atoms with Gasteiger partial charge in [-0.25, -0.2) is 4.98 Å². The molecule has 1 N–H and O–H groups in total. The number of hydrogen-bond acceptors (Lipinski definition) is 5. The van der Waals surface area contributed by atoms with Gasteiger partial charge < -0.3 is 9.84 Å². The van der Waals surface area contributed by atoms with Gasteiger partial charge in [0.25, 0.3) is 5.91 Å². The molecule has 88 valence electrons. The molecule has 0 bridgehead atoms. The van der Waals surface area contributed by atoms with E-state index in [9.17, 15) is 4.79 Å². The molecule has 2 rings (SSSR count). The fraction of sp³-hybridized carbons (Fsp3) is 0.200. The summed E-state index contributed by atoms with van der Waals surface area (Å²) < 4.78 is 5.55. The number of carbonyl (C=O) groups is 1. The molecule has 0 aliphatic heterocycles. The maximum absolute atomic E-state index is 11.7. The van der Waals surface area contributed by atoms with Gasteiger partial charge in [0.1, 0.15) is 4.60 Å². The quantitative estimate of drug-likeness (QED) is 0.868. The Morgan fingerprint density at radius 2 is 2.35 bits per heavy atom. The fourth-order valence-electron chi connectivity index (χ4n) is 1.18. The van der Waals surface area contributed by atoms with Crippen LogP contribution in [0, 0.1) is 6.92 Å². The smallest absolute Gasteiger partial charge is 0.253 e. The lowest BCUT2D eigenvalue weighted by Gasteiger charge is -2.01. The van der Waals surface area contributed by atoms with Crippen molar-refractivity contribution in [1.29, 1.82) is 0 Å². The Morgan fingerprint density at radius 1 is 1.53 bits per heavy atom. The van der Waals surface area contributed by atoms with Gasteiger partial charge in [-0.05, 0) is 35.0 Å². The highest BCUT2D eigenvalue weighted by atomic mass is 79.9. The summed E-state index contributed by atoms with van der Waals surface area (Å²) in [5.41, 5.74) is 0.476. The Bertz CT molecular complexity index is 523. The number of halogens is 1. The minimum atomic E-state index is -0.235. The third-order valence-electron chi connectivity index (χ3n) is 1.96. The van der Waals surface area contributed by atoms with Crippen molar-refractivity contribution in [3.8, 4) is 0 Å². The van der Waals surface area contributed by atoms with Gasteiger partial charge in [0.15, 0.2) is 5.82 Å². The van der Waals surface area contributed by atoms with E-state index in [2.05, 4.69) is 36.4 Å². The van der Waals surface area contributed by atoms with Gasteiger partial charge in [-0.15, -0.1) is 0 Å². The largest absolute Gasteiger partial charge is 0.343 e. The zero-order valence-corrected chi connectivity index (χ0v) is 10.6. The molecule has 0 fully saturated rings. The molecule has 0 saturated heterocycles. The number of hydrogen-bond donors (Lipinski definition) is 1. The summed E-state index contributed by atoms with van der Waals surface area (Å²) in [6.07, 6.45) is 1.48. The van der Waals surface area contributed by atoms with E-state index in [1.54, 1.807) is 19.1 Å². The predicted octanol–water partition coefficient (Wildman–Crippen LogP) is 1.47. The van der Waals surface area contributed by atoms with Crippen LogP contribution in [0.4, 0.5) is 0 Å². The van der Waals surface area contributed by atoms with Crippen LogP contribution in [0.15, 0.2) is 27.5 Å². The highest BCUT2D eigenvalue weighted by Crippen LogP contribution is 2.06. The monoisotopic (exact) mass is 296 g/mol. The molecule has 2 heterocycles. The van der Waals surface area contributed by atoms with E-state index in [0.29, 0.717) is 21.9 Å². The SMILES string of the molecule is Cc1noc(CNC(=O)c2ccc(Br)nc2)n1. The lowest BCUT2D eigenvalue weighted by molar-refractivity contribution is 0.0946. The van der Waals surface area contributed by atoms with E-state index >= 15 is 0 Å². The topological polar surface area (TPSA) is 80.9 Å². The lowest BCUT2D eigenvalue weighted by Crippen LogP contribution is -2.23. The minimum absolute atomic E-state index is 0.204. The molecule has 17 heavy (non-hydrogen) atoms. The summed E-state index contributed by atoms with van der Waals surface area (Å²) in [7, 11) is 0. The van der Waals surface area contributed by atoms with Crippen molar-refractivity contribution in [3.05, 3.63) is 40.2 Å². The molecule has 1 amide bonds. The third kappa shape index (κ3) is 3.10. The number of aryl methyl sites for hydroxylation is 1. The third-order valence-corrected chi connectivity index (χ3v) is 2.43. The Balaban J connectivity index is 1.95. The number of nitrogens with one attached hydrogen (secondary N) is 1. The molecule has 0 radical (unpaired) electrons. The lowest BCUT2D eigenvalue weighted by atomic mass is 10.3. The summed E-state index contributed by atoms with van der Waals surface area (Å²) in [6, 6.07) is 3.37. The van der Waals surface area contributed by atoms with Crippen LogP contribution in [-0.2, 0) is 6.54 Å². The maximum atomic E-state index is 11.7. The molecule has 0 aromatic carbocycles. The molecule has 7 heteroatoms. The predicted molar refractivity (Wildman–Crippen MR) is 62.1 cm³/mol. The van der Waals surface area contributed by atoms with E-state index in [4.69, 9.17) is 4.52 Å². The van der Waals surface area contributed by atoms with Crippen LogP contribution in [0.5, 0.6) is 0 Å². The van der Waals surface area contributed by atoms with Crippen molar-refractivity contribution < 1.29 is 9.32 Å². The van der Waals surface area contributed by atoms with Crippen LogP contribution in [0.1, 0.15) is 22.1 Å². The normalized spacial score (nSPS) is 10.2. The van der Waals surface area contributed by atoms with Crippen molar-refractivity contribution in [2.24, 2.45) is 0 Å². The van der Waals surface area contributed by atoms with Gasteiger partial charge in [0, 0.05) is 6.20 Å². The molecule has 0 aliphatic rings. The zero-order valence-electron chi connectivity index (χ0n) is 8.98. The average Bonchev–Trinajstić information content (AvgIpc) is 2.73. The molecular formula is C10H9BrN4O2. The highest BCUT2D eigenvalue weighted by Gasteiger charge is 2.08. The van der Waals surface area contributed by atoms with Crippen LogP contribution in [-0.4, -0.2) is 21.0 Å². The summed E-state index contributed by atoms with van der Waals surface area (Å²) >= 11 is 3.20. The first-order valence-electron chi connectivity index (χ1n) is 4.84. The first-order chi connectivity index (χ1) is 8.15. The Labute approximate surface area is 106 Å². The summed E-state index contributed by atoms with van der Waals surface area (Å²) in [5.74, 6) is 0.682. The molecule has 2 aromatic heterocycles. The van der Waals surface area contributed by atoms with Crippen molar-refractivity contribution >= 4 is 21.8 Å². The summed E-state index contributed by atoms with van der Waals surface area (Å²) in [6.45, 7) is 1.92. The van der Waals surface area contributed by atoms with Gasteiger partial charge in [-0.1, -0.05) is 5.16 Å². The van der Waals surface area contributed by atoms with Gasteiger partial charge in [0.05, 0.1) is 12.1 Å². The second kappa shape index (κ2) is 5.05. The molecule has 0 saturated carbocycles. The van der Waals surface area contributed by atoms with Crippen LogP contribution in [0.2, 0.25) is 0 Å². The molecule has 0 atom stereocenters. The number of carbonyl (C=O) groups excluding carboxylic acids is 1. The molecule has 6 nitrogen and oxygen atoms in total.